The van der Waals surface area contributed by atoms with Gasteiger partial charge in [0.15, 0.2) is 28.9 Å². The zero-order chi connectivity index (χ0) is 28.9. The molecule has 11 nitrogen and oxygen atoms in total. The summed E-state index contributed by atoms with van der Waals surface area (Å²) < 4.78 is 46.7. The van der Waals surface area contributed by atoms with Crippen molar-refractivity contribution in [3.05, 3.63) is 72.6 Å². The Morgan fingerprint density at radius 2 is 1.55 bits per heavy atom. The number of para-hydroxylation sites is 2. The first-order valence-electron chi connectivity index (χ1n) is 12.2. The summed E-state index contributed by atoms with van der Waals surface area (Å²) in [6.45, 7) is 7.09. The van der Waals surface area contributed by atoms with Crippen molar-refractivity contribution in [1.29, 1.82) is 0 Å². The minimum absolute atomic E-state index is 0.00562. The number of benzene rings is 2. The van der Waals surface area contributed by atoms with Crippen LogP contribution in [0.15, 0.2) is 71.9 Å². The number of ether oxygens (including phenoxy) is 3. The fourth-order valence-electron chi connectivity index (χ4n) is 3.51. The first kappa shape index (κ1) is 28.4. The molecule has 0 spiro atoms. The fraction of sp³-hybridized carbons (Fsp3) is 0.250. The molecule has 2 aromatic heterocycles. The Bertz CT molecular complexity index is 1610. The van der Waals surface area contributed by atoms with Crippen LogP contribution in [0.25, 0.3) is 11.6 Å². The second-order valence-electron chi connectivity index (χ2n) is 9.73. The number of methoxy groups -OCH3 is 1. The van der Waals surface area contributed by atoms with Gasteiger partial charge < -0.3 is 14.2 Å². The van der Waals surface area contributed by atoms with Crippen molar-refractivity contribution in [3.63, 3.8) is 0 Å². The van der Waals surface area contributed by atoms with Gasteiger partial charge in [-0.3, -0.25) is 9.52 Å². The summed E-state index contributed by atoms with van der Waals surface area (Å²) in [4.78, 5) is 28.8. The van der Waals surface area contributed by atoms with Gasteiger partial charge in [-0.1, -0.05) is 45.0 Å². The molecule has 0 fully saturated rings. The van der Waals surface area contributed by atoms with Gasteiger partial charge in [0.1, 0.15) is 6.61 Å². The number of hydrogen-bond acceptors (Lipinski definition) is 10. The molecule has 0 bridgehead atoms. The van der Waals surface area contributed by atoms with Gasteiger partial charge >= 0.3 is 0 Å². The van der Waals surface area contributed by atoms with Crippen LogP contribution in [-0.2, 0) is 20.2 Å². The van der Waals surface area contributed by atoms with Crippen molar-refractivity contribution in [2.75, 3.05) is 18.4 Å². The van der Waals surface area contributed by atoms with Crippen LogP contribution in [0, 0.1) is 0 Å². The average molecular weight is 564 g/mol. The van der Waals surface area contributed by atoms with Crippen LogP contribution in [0.4, 0.5) is 5.82 Å². The van der Waals surface area contributed by atoms with E-state index in [2.05, 4.69) is 24.7 Å². The largest absolute Gasteiger partial charge is 0.493 e. The van der Waals surface area contributed by atoms with Crippen LogP contribution in [-0.4, -0.2) is 47.9 Å². The Hall–Kier alpha value is -4.58. The summed E-state index contributed by atoms with van der Waals surface area (Å²) in [5, 5.41) is 0. The van der Waals surface area contributed by atoms with Crippen molar-refractivity contribution in [3.8, 4) is 34.8 Å². The Morgan fingerprint density at radius 1 is 0.900 bits per heavy atom. The molecule has 1 N–H and O–H groups in total. The number of aromatic nitrogens is 4. The number of carbonyl (C=O) groups is 1. The Morgan fingerprint density at radius 3 is 2.15 bits per heavy atom. The third-order valence-corrected chi connectivity index (χ3v) is 6.91. The molecule has 0 radical (unpaired) electrons. The number of hydrogen-bond donors (Lipinski definition) is 1. The van der Waals surface area contributed by atoms with E-state index in [1.54, 1.807) is 42.5 Å². The minimum atomic E-state index is -4.17. The lowest BCUT2D eigenvalue weighted by atomic mass is 9.87. The molecule has 2 heterocycles. The van der Waals surface area contributed by atoms with E-state index in [0.29, 0.717) is 5.75 Å². The first-order chi connectivity index (χ1) is 19.0. The summed E-state index contributed by atoms with van der Waals surface area (Å²) in [6.07, 6.45) is 2.98. The number of Topliss-reactive ketones (excluding diaryl/α,β-unsaturated/α-hetero) is 1. The maximum absolute atomic E-state index is 13.5. The Balaban J connectivity index is 1.87. The molecular formula is C28H29N5O6S. The van der Waals surface area contributed by atoms with Crippen LogP contribution < -0.4 is 18.9 Å². The lowest BCUT2D eigenvalue weighted by Gasteiger charge is -2.20. The van der Waals surface area contributed by atoms with Crippen molar-refractivity contribution < 1.29 is 27.4 Å². The molecule has 0 aliphatic rings. The van der Waals surface area contributed by atoms with Gasteiger partial charge in [-0.2, -0.15) is 4.98 Å². The second-order valence-corrected chi connectivity index (χ2v) is 11.4. The molecule has 40 heavy (non-hydrogen) atoms. The molecule has 0 amide bonds. The highest BCUT2D eigenvalue weighted by atomic mass is 32.2. The van der Waals surface area contributed by atoms with Gasteiger partial charge in [-0.05, 0) is 48.2 Å². The number of carbonyl (C=O) groups excluding carboxylic acids is 1. The first-order valence-corrected chi connectivity index (χ1v) is 13.7. The van der Waals surface area contributed by atoms with Gasteiger partial charge in [0, 0.05) is 12.4 Å². The third-order valence-electron chi connectivity index (χ3n) is 5.56. The molecule has 0 aliphatic carbocycles. The molecule has 0 aliphatic heterocycles. The van der Waals surface area contributed by atoms with Crippen LogP contribution in [0.2, 0.25) is 0 Å². The summed E-state index contributed by atoms with van der Waals surface area (Å²) in [7, 11) is -2.70. The monoisotopic (exact) mass is 563 g/mol. The summed E-state index contributed by atoms with van der Waals surface area (Å²) >= 11 is 0. The SMILES string of the molecule is COc1ccccc1Oc1c(NS(=O)(=O)c2ccc(C(C)(C)C)cc2)nc(-c2ncccn2)nc1OCC(C)=O. The number of rotatable bonds is 10. The smallest absolute Gasteiger partial charge is 0.264 e. The minimum Gasteiger partial charge on any atom is -0.493 e. The van der Waals surface area contributed by atoms with E-state index in [-0.39, 0.29) is 57.5 Å². The highest BCUT2D eigenvalue weighted by Gasteiger charge is 2.26. The maximum Gasteiger partial charge on any atom is 0.264 e. The van der Waals surface area contributed by atoms with E-state index in [9.17, 15) is 13.2 Å². The number of anilines is 1. The van der Waals surface area contributed by atoms with Crippen LogP contribution in [0.5, 0.6) is 23.1 Å². The summed E-state index contributed by atoms with van der Waals surface area (Å²) in [6, 6.07) is 14.9. The third kappa shape index (κ3) is 6.70. The van der Waals surface area contributed by atoms with Crippen molar-refractivity contribution >= 4 is 21.6 Å². The average Bonchev–Trinajstić information content (AvgIpc) is 2.93. The highest BCUT2D eigenvalue weighted by molar-refractivity contribution is 7.92. The lowest BCUT2D eigenvalue weighted by Crippen LogP contribution is -2.17. The number of nitrogens with zero attached hydrogens (tertiary/aromatic N) is 4. The zero-order valence-corrected chi connectivity index (χ0v) is 23.5. The maximum atomic E-state index is 13.5. The number of nitrogens with one attached hydrogen (secondary N) is 1. The van der Waals surface area contributed by atoms with Gasteiger partial charge in [0.2, 0.25) is 11.6 Å². The van der Waals surface area contributed by atoms with Gasteiger partial charge in [0.05, 0.1) is 12.0 Å². The number of ketones is 1. The molecule has 0 atom stereocenters. The van der Waals surface area contributed by atoms with E-state index < -0.39 is 10.0 Å². The van der Waals surface area contributed by atoms with Gasteiger partial charge in [0.25, 0.3) is 15.9 Å². The predicted octanol–water partition coefficient (Wildman–Crippen LogP) is 4.80. The Kier molecular flexibility index (Phi) is 8.29. The van der Waals surface area contributed by atoms with Crippen molar-refractivity contribution in [2.45, 2.75) is 38.0 Å². The van der Waals surface area contributed by atoms with Crippen LogP contribution in [0.3, 0.4) is 0 Å². The zero-order valence-electron chi connectivity index (χ0n) is 22.7. The second kappa shape index (κ2) is 11.7. The summed E-state index contributed by atoms with van der Waals surface area (Å²) in [5.74, 6) is -0.259. The molecule has 208 valence electrons. The molecule has 0 saturated carbocycles. The quantitative estimate of drug-likeness (QED) is 0.286. The molecule has 0 unspecified atom stereocenters. The highest BCUT2D eigenvalue weighted by Crippen LogP contribution is 2.41. The molecule has 2 aromatic carbocycles. The van der Waals surface area contributed by atoms with E-state index >= 15 is 0 Å². The number of sulfonamides is 1. The lowest BCUT2D eigenvalue weighted by molar-refractivity contribution is -0.119. The van der Waals surface area contributed by atoms with E-state index in [1.807, 2.05) is 20.8 Å². The molecule has 4 aromatic rings. The van der Waals surface area contributed by atoms with Crippen LogP contribution in [0.1, 0.15) is 33.3 Å². The molecule has 0 saturated heterocycles. The van der Waals surface area contributed by atoms with Gasteiger partial charge in [-0.15, -0.1) is 0 Å². The molecule has 12 heteroatoms. The predicted molar refractivity (Wildman–Crippen MR) is 148 cm³/mol. The molecule has 4 rings (SSSR count). The van der Waals surface area contributed by atoms with E-state index in [4.69, 9.17) is 14.2 Å². The Labute approximate surface area is 232 Å². The van der Waals surface area contributed by atoms with Crippen LogP contribution >= 0.6 is 0 Å². The topological polar surface area (TPSA) is 142 Å². The van der Waals surface area contributed by atoms with E-state index in [0.717, 1.165) is 5.56 Å². The van der Waals surface area contributed by atoms with Gasteiger partial charge in [-0.25, -0.2) is 23.4 Å². The fourth-order valence-corrected chi connectivity index (χ4v) is 4.51. The van der Waals surface area contributed by atoms with E-state index in [1.165, 1.54) is 38.6 Å². The molecular weight excluding hydrogens is 534 g/mol. The normalized spacial score (nSPS) is 11.5. The standard InChI is InChI=1S/C28H29N5O6S/c1-18(34)17-38-27-23(39-22-10-7-6-9-21(22)37-5)24(31-26(32-27)25-29-15-8-16-30-25)33-40(35,36)20-13-11-19(12-14-20)28(2,3)4/h6-16H,17H2,1-5H3,(H,31,32,33). The van der Waals surface area contributed by atoms with Crippen molar-refractivity contribution in [1.82, 2.24) is 19.9 Å². The van der Waals surface area contributed by atoms with Crippen molar-refractivity contribution in [2.24, 2.45) is 0 Å². The summed E-state index contributed by atoms with van der Waals surface area (Å²) in [5.41, 5.74) is 0.808.